The van der Waals surface area contributed by atoms with Gasteiger partial charge >= 0.3 is 11.8 Å². The lowest BCUT2D eigenvalue weighted by molar-refractivity contribution is 0.181. The molecule has 1 saturated heterocycles. The van der Waals surface area contributed by atoms with E-state index in [2.05, 4.69) is 4.72 Å². The predicted molar refractivity (Wildman–Crippen MR) is 97.4 cm³/mol. The van der Waals surface area contributed by atoms with Gasteiger partial charge in [-0.3, -0.25) is 14.2 Å². The minimum absolute atomic E-state index is 0.0310. The van der Waals surface area contributed by atoms with Gasteiger partial charge in [0.1, 0.15) is 6.61 Å². The van der Waals surface area contributed by atoms with Crippen molar-refractivity contribution in [3.63, 3.8) is 0 Å². The number of amides is 1. The maximum Gasteiger partial charge on any atom is 0.419 e. The van der Waals surface area contributed by atoms with Crippen LogP contribution < -0.4 is 15.4 Å². The van der Waals surface area contributed by atoms with Gasteiger partial charge in [0.15, 0.2) is 5.58 Å². The van der Waals surface area contributed by atoms with E-state index < -0.39 is 21.9 Å². The number of nitrogens with one attached hydrogen (secondary N) is 1. The molecule has 1 amide bonds. The minimum Gasteiger partial charge on any atom is -0.447 e. The second-order valence-corrected chi connectivity index (χ2v) is 7.66. The number of rotatable bonds is 4. The number of carbonyl (C=O) groups excluding carboxylic acids is 1. The fourth-order valence-corrected chi connectivity index (χ4v) is 3.91. The van der Waals surface area contributed by atoms with E-state index in [1.54, 1.807) is 24.3 Å². The van der Waals surface area contributed by atoms with Gasteiger partial charge in [-0.05, 0) is 36.4 Å². The molecule has 0 unspecified atom stereocenters. The highest BCUT2D eigenvalue weighted by molar-refractivity contribution is 7.92. The first-order valence-corrected chi connectivity index (χ1v) is 9.50. The summed E-state index contributed by atoms with van der Waals surface area (Å²) in [6.45, 7) is 0.775. The predicted octanol–water partition coefficient (Wildman–Crippen LogP) is 1.89. The van der Waals surface area contributed by atoms with E-state index in [1.165, 1.54) is 34.7 Å². The Morgan fingerprint density at radius 3 is 2.48 bits per heavy atom. The van der Waals surface area contributed by atoms with Gasteiger partial charge in [-0.1, -0.05) is 0 Å². The Bertz CT molecular complexity index is 1190. The molecule has 10 heteroatoms. The first-order valence-electron chi connectivity index (χ1n) is 8.02. The van der Waals surface area contributed by atoms with Gasteiger partial charge in [-0.15, -0.1) is 0 Å². The third kappa shape index (κ3) is 3.04. The molecule has 3 aromatic rings. The summed E-state index contributed by atoms with van der Waals surface area (Å²) in [6.07, 6.45) is -0.430. The Morgan fingerprint density at radius 2 is 1.81 bits per heavy atom. The maximum atomic E-state index is 12.6. The molecule has 1 aliphatic rings. The van der Waals surface area contributed by atoms with Crippen LogP contribution in [0.3, 0.4) is 0 Å². The number of benzene rings is 2. The van der Waals surface area contributed by atoms with Crippen molar-refractivity contribution < 1.29 is 22.4 Å². The number of ether oxygens (including phenoxy) is 1. The molecule has 0 atom stereocenters. The summed E-state index contributed by atoms with van der Waals surface area (Å²) < 4.78 is 38.9. The summed E-state index contributed by atoms with van der Waals surface area (Å²) in [5, 5.41) is 0. The summed E-state index contributed by atoms with van der Waals surface area (Å²) in [5.74, 6) is -0.566. The average Bonchev–Trinajstić information content (AvgIpc) is 3.18. The molecule has 1 N–H and O–H groups in total. The summed E-state index contributed by atoms with van der Waals surface area (Å²) >= 11 is 0. The minimum atomic E-state index is -3.88. The van der Waals surface area contributed by atoms with Gasteiger partial charge < -0.3 is 9.15 Å². The SMILES string of the molecule is Cn1c(=O)oc2cc(S(=O)(=O)Nc3ccc(N4CCOC4=O)cc3)ccc21. The highest BCUT2D eigenvalue weighted by atomic mass is 32.2. The van der Waals surface area contributed by atoms with Crippen molar-refractivity contribution in [1.29, 1.82) is 0 Å². The molecular formula is C17H15N3O6S. The molecule has 4 rings (SSSR count). The molecule has 140 valence electrons. The highest BCUT2D eigenvalue weighted by Crippen LogP contribution is 2.24. The fraction of sp³-hybridized carbons (Fsp3) is 0.176. The number of carbonyl (C=O) groups is 1. The number of hydrogen-bond acceptors (Lipinski definition) is 6. The van der Waals surface area contributed by atoms with Crippen LogP contribution in [0.5, 0.6) is 0 Å². The van der Waals surface area contributed by atoms with E-state index in [0.717, 1.165) is 0 Å². The van der Waals surface area contributed by atoms with Gasteiger partial charge in [0.25, 0.3) is 10.0 Å². The summed E-state index contributed by atoms with van der Waals surface area (Å²) in [7, 11) is -2.34. The maximum absolute atomic E-state index is 12.6. The monoisotopic (exact) mass is 389 g/mol. The van der Waals surface area contributed by atoms with Crippen LogP contribution in [0.2, 0.25) is 0 Å². The van der Waals surface area contributed by atoms with Crippen LogP contribution in [0, 0.1) is 0 Å². The topological polar surface area (TPSA) is 111 Å². The molecule has 0 spiro atoms. The van der Waals surface area contributed by atoms with Crippen LogP contribution in [0.15, 0.2) is 56.6 Å². The van der Waals surface area contributed by atoms with Crippen molar-refractivity contribution >= 4 is 38.6 Å². The molecule has 1 fully saturated rings. The standard InChI is InChI=1S/C17H15N3O6S/c1-19-14-7-6-13(10-15(14)26-16(19)21)27(23,24)18-11-2-4-12(5-3-11)20-8-9-25-17(20)22/h2-7,10,18H,8-9H2,1H3. The van der Waals surface area contributed by atoms with Gasteiger partial charge in [-0.2, -0.15) is 0 Å². The van der Waals surface area contributed by atoms with Crippen molar-refractivity contribution in [2.45, 2.75) is 4.90 Å². The Hall–Kier alpha value is -3.27. The zero-order chi connectivity index (χ0) is 19.2. The number of oxazole rings is 1. The lowest BCUT2D eigenvalue weighted by atomic mass is 10.2. The van der Waals surface area contributed by atoms with Crippen LogP contribution in [0.25, 0.3) is 11.1 Å². The summed E-state index contributed by atoms with van der Waals surface area (Å²) in [4.78, 5) is 24.5. The quantitative estimate of drug-likeness (QED) is 0.729. The lowest BCUT2D eigenvalue weighted by Gasteiger charge is -2.14. The van der Waals surface area contributed by atoms with Crippen molar-refractivity contribution in [2.75, 3.05) is 22.8 Å². The normalized spacial score (nSPS) is 14.6. The second-order valence-electron chi connectivity index (χ2n) is 5.97. The van der Waals surface area contributed by atoms with E-state index in [0.29, 0.717) is 30.0 Å². The molecule has 1 aliphatic heterocycles. The number of hydrogen-bond donors (Lipinski definition) is 1. The Kier molecular flexibility index (Phi) is 3.92. The third-order valence-electron chi connectivity index (χ3n) is 4.27. The Morgan fingerprint density at radius 1 is 1.07 bits per heavy atom. The van der Waals surface area contributed by atoms with Crippen molar-refractivity contribution in [3.8, 4) is 0 Å². The van der Waals surface area contributed by atoms with E-state index in [4.69, 9.17) is 9.15 Å². The number of nitrogens with zero attached hydrogens (tertiary/aromatic N) is 2. The van der Waals surface area contributed by atoms with Crippen LogP contribution in [0.1, 0.15) is 0 Å². The van der Waals surface area contributed by atoms with Gasteiger partial charge in [-0.25, -0.2) is 18.0 Å². The van der Waals surface area contributed by atoms with Gasteiger partial charge in [0.2, 0.25) is 0 Å². The van der Waals surface area contributed by atoms with Gasteiger partial charge in [0.05, 0.1) is 17.0 Å². The lowest BCUT2D eigenvalue weighted by Crippen LogP contribution is -2.23. The molecule has 2 aromatic carbocycles. The number of aromatic nitrogens is 1. The molecule has 9 nitrogen and oxygen atoms in total. The first kappa shape index (κ1) is 17.2. The summed E-state index contributed by atoms with van der Waals surface area (Å²) in [6, 6.07) is 10.6. The fourth-order valence-electron chi connectivity index (χ4n) is 2.83. The largest absolute Gasteiger partial charge is 0.447 e. The first-order chi connectivity index (χ1) is 12.8. The molecule has 27 heavy (non-hydrogen) atoms. The Balaban J connectivity index is 1.59. The molecule has 0 aliphatic carbocycles. The van der Waals surface area contributed by atoms with Crippen LogP contribution >= 0.6 is 0 Å². The molecular weight excluding hydrogens is 374 g/mol. The number of cyclic esters (lactones) is 1. The van der Waals surface area contributed by atoms with Crippen molar-refractivity contribution in [2.24, 2.45) is 7.05 Å². The molecule has 0 radical (unpaired) electrons. The second kappa shape index (κ2) is 6.16. The van der Waals surface area contributed by atoms with Crippen LogP contribution in [-0.2, 0) is 21.8 Å². The zero-order valence-electron chi connectivity index (χ0n) is 14.2. The average molecular weight is 389 g/mol. The number of sulfonamides is 1. The molecule has 0 saturated carbocycles. The molecule has 1 aromatic heterocycles. The van der Waals surface area contributed by atoms with E-state index in [9.17, 15) is 18.0 Å². The van der Waals surface area contributed by atoms with Crippen molar-refractivity contribution in [1.82, 2.24) is 4.57 Å². The smallest absolute Gasteiger partial charge is 0.419 e. The third-order valence-corrected chi connectivity index (χ3v) is 5.65. The Labute approximate surface area is 153 Å². The zero-order valence-corrected chi connectivity index (χ0v) is 15.0. The van der Waals surface area contributed by atoms with E-state index in [-0.39, 0.29) is 10.5 Å². The number of fused-ring (bicyclic) bond motifs is 1. The van der Waals surface area contributed by atoms with E-state index in [1.807, 2.05) is 0 Å². The van der Waals surface area contributed by atoms with Crippen molar-refractivity contribution in [3.05, 3.63) is 53.0 Å². The molecule has 2 heterocycles. The summed E-state index contributed by atoms with van der Waals surface area (Å²) in [5.41, 5.74) is 1.64. The van der Waals surface area contributed by atoms with Gasteiger partial charge in [0, 0.05) is 24.5 Å². The van der Waals surface area contributed by atoms with Crippen LogP contribution in [-0.4, -0.2) is 32.2 Å². The number of aryl methyl sites for hydroxylation is 1. The van der Waals surface area contributed by atoms with Crippen LogP contribution in [0.4, 0.5) is 16.2 Å². The number of anilines is 2. The van der Waals surface area contributed by atoms with E-state index >= 15 is 0 Å². The molecule has 0 bridgehead atoms. The highest BCUT2D eigenvalue weighted by Gasteiger charge is 2.23.